The standard InChI is InChI=1S/C22H27N5O3/c1-3-16-5-4-6-17(13-16)18-7-8-27(25-18)21-14-20(26-9-11-30-12-10-26)23-22(24-21)19(15-28)29-2/h4-8,13-14,19,28H,3,9-12,15H2,1-2H3/t19-/m1/s1. The Hall–Kier alpha value is -2.81. The molecule has 1 saturated heterocycles. The third kappa shape index (κ3) is 4.35. The van der Waals surface area contributed by atoms with Gasteiger partial charge in [-0.05, 0) is 24.1 Å². The minimum absolute atomic E-state index is 0.198. The minimum atomic E-state index is -0.596. The highest BCUT2D eigenvalue weighted by atomic mass is 16.5. The van der Waals surface area contributed by atoms with Gasteiger partial charge in [0.05, 0.1) is 25.5 Å². The first-order valence-electron chi connectivity index (χ1n) is 10.2. The highest BCUT2D eigenvalue weighted by Crippen LogP contribution is 2.23. The van der Waals surface area contributed by atoms with E-state index in [1.807, 2.05) is 18.3 Å². The van der Waals surface area contributed by atoms with Gasteiger partial charge in [0.15, 0.2) is 11.6 Å². The van der Waals surface area contributed by atoms with Crippen LogP contribution >= 0.6 is 0 Å². The molecule has 0 aliphatic carbocycles. The smallest absolute Gasteiger partial charge is 0.164 e. The average Bonchev–Trinajstić information content (AvgIpc) is 3.31. The summed E-state index contributed by atoms with van der Waals surface area (Å²) in [6.45, 7) is 4.75. The maximum absolute atomic E-state index is 9.68. The third-order valence-electron chi connectivity index (χ3n) is 5.24. The largest absolute Gasteiger partial charge is 0.393 e. The van der Waals surface area contributed by atoms with E-state index in [9.17, 15) is 5.11 Å². The molecule has 1 atom stereocenters. The van der Waals surface area contributed by atoms with Crippen molar-refractivity contribution in [3.05, 3.63) is 54.0 Å². The van der Waals surface area contributed by atoms with E-state index in [0.717, 1.165) is 36.6 Å². The molecule has 0 saturated carbocycles. The lowest BCUT2D eigenvalue weighted by atomic mass is 10.1. The number of ether oxygens (including phenoxy) is 2. The number of nitrogens with zero attached hydrogens (tertiary/aromatic N) is 5. The number of benzene rings is 1. The summed E-state index contributed by atoms with van der Waals surface area (Å²) in [4.78, 5) is 11.4. The molecule has 0 amide bonds. The second kappa shape index (κ2) is 9.34. The number of aliphatic hydroxyl groups excluding tert-OH is 1. The highest BCUT2D eigenvalue weighted by Gasteiger charge is 2.20. The summed E-state index contributed by atoms with van der Waals surface area (Å²) in [5, 5.41) is 14.4. The molecule has 1 aliphatic rings. The van der Waals surface area contributed by atoms with Gasteiger partial charge in [-0.2, -0.15) is 5.10 Å². The number of aliphatic hydroxyl groups is 1. The van der Waals surface area contributed by atoms with E-state index in [1.165, 1.54) is 12.7 Å². The molecule has 30 heavy (non-hydrogen) atoms. The van der Waals surface area contributed by atoms with E-state index in [0.29, 0.717) is 24.9 Å². The van der Waals surface area contributed by atoms with Crippen LogP contribution < -0.4 is 4.90 Å². The molecule has 3 aromatic rings. The van der Waals surface area contributed by atoms with Crippen molar-refractivity contribution in [2.45, 2.75) is 19.4 Å². The molecule has 1 aromatic carbocycles. The number of aryl methyl sites for hydroxylation is 1. The fraction of sp³-hybridized carbons (Fsp3) is 0.409. The molecular weight excluding hydrogens is 382 g/mol. The lowest BCUT2D eigenvalue weighted by molar-refractivity contribution is 0.0422. The highest BCUT2D eigenvalue weighted by molar-refractivity contribution is 5.60. The van der Waals surface area contributed by atoms with E-state index < -0.39 is 6.10 Å². The van der Waals surface area contributed by atoms with E-state index in [4.69, 9.17) is 14.6 Å². The van der Waals surface area contributed by atoms with E-state index in [2.05, 4.69) is 46.1 Å². The molecule has 0 unspecified atom stereocenters. The van der Waals surface area contributed by atoms with Crippen molar-refractivity contribution in [2.24, 2.45) is 0 Å². The van der Waals surface area contributed by atoms with Crippen LogP contribution in [0.1, 0.15) is 24.4 Å². The Morgan fingerprint density at radius 1 is 1.13 bits per heavy atom. The van der Waals surface area contributed by atoms with Crippen LogP contribution in [-0.4, -0.2) is 64.9 Å². The maximum atomic E-state index is 9.68. The van der Waals surface area contributed by atoms with Crippen LogP contribution in [0, 0.1) is 0 Å². The minimum Gasteiger partial charge on any atom is -0.393 e. The number of hydrogen-bond acceptors (Lipinski definition) is 7. The van der Waals surface area contributed by atoms with Gasteiger partial charge in [0.2, 0.25) is 0 Å². The normalized spacial score (nSPS) is 15.4. The van der Waals surface area contributed by atoms with Crippen LogP contribution in [-0.2, 0) is 15.9 Å². The van der Waals surface area contributed by atoms with Gasteiger partial charge in [-0.15, -0.1) is 0 Å². The molecule has 1 fully saturated rings. The molecule has 8 nitrogen and oxygen atoms in total. The number of rotatable bonds is 7. The van der Waals surface area contributed by atoms with Gasteiger partial charge in [-0.25, -0.2) is 14.6 Å². The predicted molar refractivity (Wildman–Crippen MR) is 114 cm³/mol. The number of aromatic nitrogens is 4. The summed E-state index contributed by atoms with van der Waals surface area (Å²) in [7, 11) is 1.54. The Morgan fingerprint density at radius 3 is 2.67 bits per heavy atom. The van der Waals surface area contributed by atoms with Gasteiger partial charge >= 0.3 is 0 Å². The van der Waals surface area contributed by atoms with Crippen LogP contribution in [0.5, 0.6) is 0 Å². The first-order chi connectivity index (χ1) is 14.7. The Balaban J connectivity index is 1.72. The molecule has 158 valence electrons. The molecule has 8 heteroatoms. The Morgan fingerprint density at radius 2 is 1.93 bits per heavy atom. The molecule has 1 N–H and O–H groups in total. The molecule has 1 aliphatic heterocycles. The summed E-state index contributed by atoms with van der Waals surface area (Å²) in [6, 6.07) is 12.3. The van der Waals surface area contributed by atoms with E-state index in [-0.39, 0.29) is 6.61 Å². The van der Waals surface area contributed by atoms with Crippen LogP contribution in [0.2, 0.25) is 0 Å². The first-order valence-corrected chi connectivity index (χ1v) is 10.2. The SMILES string of the molecule is CCc1cccc(-c2ccn(-c3cc(N4CCOCC4)nc([C@@H](CO)OC)n3)n2)c1. The topological polar surface area (TPSA) is 85.5 Å². The molecule has 4 rings (SSSR count). The second-order valence-electron chi connectivity index (χ2n) is 7.15. The van der Waals surface area contributed by atoms with E-state index >= 15 is 0 Å². The zero-order chi connectivity index (χ0) is 20.9. The van der Waals surface area contributed by atoms with Gasteiger partial charge in [-0.1, -0.05) is 25.1 Å². The molecular formula is C22H27N5O3. The lowest BCUT2D eigenvalue weighted by Crippen LogP contribution is -2.37. The molecule has 3 heterocycles. The fourth-order valence-corrected chi connectivity index (χ4v) is 3.47. The van der Waals surface area contributed by atoms with Crippen LogP contribution in [0.4, 0.5) is 5.82 Å². The van der Waals surface area contributed by atoms with Crippen LogP contribution in [0.25, 0.3) is 17.1 Å². The summed E-state index contributed by atoms with van der Waals surface area (Å²) >= 11 is 0. The zero-order valence-corrected chi connectivity index (χ0v) is 17.4. The van der Waals surface area contributed by atoms with Gasteiger partial charge in [0.1, 0.15) is 11.9 Å². The zero-order valence-electron chi connectivity index (χ0n) is 17.4. The van der Waals surface area contributed by atoms with Crippen molar-refractivity contribution in [1.82, 2.24) is 19.7 Å². The summed E-state index contributed by atoms with van der Waals surface area (Å²) < 4.78 is 12.6. The summed E-state index contributed by atoms with van der Waals surface area (Å²) in [6.07, 6.45) is 2.27. The van der Waals surface area contributed by atoms with Crippen molar-refractivity contribution in [3.8, 4) is 17.1 Å². The van der Waals surface area contributed by atoms with Crippen molar-refractivity contribution >= 4 is 5.82 Å². The quantitative estimate of drug-likeness (QED) is 0.641. The summed E-state index contributed by atoms with van der Waals surface area (Å²) in [5.74, 6) is 1.85. The Bertz CT molecular complexity index is 980. The van der Waals surface area contributed by atoms with Gasteiger partial charge < -0.3 is 19.5 Å². The molecule has 2 aromatic heterocycles. The van der Waals surface area contributed by atoms with Gasteiger partial charge in [0.25, 0.3) is 0 Å². The Kier molecular flexibility index (Phi) is 6.37. The first kappa shape index (κ1) is 20.5. The number of morpholine rings is 1. The number of methoxy groups -OCH3 is 1. The van der Waals surface area contributed by atoms with Crippen molar-refractivity contribution in [1.29, 1.82) is 0 Å². The van der Waals surface area contributed by atoms with E-state index in [1.54, 1.807) is 4.68 Å². The average molecular weight is 409 g/mol. The lowest BCUT2D eigenvalue weighted by Gasteiger charge is -2.28. The van der Waals surface area contributed by atoms with Crippen molar-refractivity contribution < 1.29 is 14.6 Å². The second-order valence-corrected chi connectivity index (χ2v) is 7.15. The monoisotopic (exact) mass is 409 g/mol. The van der Waals surface area contributed by atoms with Gasteiger partial charge in [0, 0.05) is 38.0 Å². The molecule has 0 bridgehead atoms. The van der Waals surface area contributed by atoms with Gasteiger partial charge in [-0.3, -0.25) is 0 Å². The third-order valence-corrected chi connectivity index (χ3v) is 5.24. The predicted octanol–water partition coefficient (Wildman–Crippen LogP) is 2.41. The van der Waals surface area contributed by atoms with Crippen LogP contribution in [0.3, 0.4) is 0 Å². The van der Waals surface area contributed by atoms with Crippen molar-refractivity contribution in [3.63, 3.8) is 0 Å². The number of hydrogen-bond donors (Lipinski definition) is 1. The van der Waals surface area contributed by atoms with Crippen molar-refractivity contribution in [2.75, 3.05) is 44.9 Å². The Labute approximate surface area is 176 Å². The fourth-order valence-electron chi connectivity index (χ4n) is 3.47. The number of anilines is 1. The molecule has 0 radical (unpaired) electrons. The summed E-state index contributed by atoms with van der Waals surface area (Å²) in [5.41, 5.74) is 3.22. The molecule has 0 spiro atoms. The van der Waals surface area contributed by atoms with Crippen LogP contribution in [0.15, 0.2) is 42.6 Å². The maximum Gasteiger partial charge on any atom is 0.164 e.